The minimum Gasteiger partial charge on any atom is -0.336 e. The van der Waals surface area contributed by atoms with Crippen LogP contribution in [0.25, 0.3) is 10.8 Å². The van der Waals surface area contributed by atoms with Gasteiger partial charge < -0.3 is 4.90 Å². The fourth-order valence-corrected chi connectivity index (χ4v) is 4.04. The number of nitrogens with zero attached hydrogens (tertiary/aromatic N) is 4. The van der Waals surface area contributed by atoms with Crippen LogP contribution in [-0.2, 0) is 6.54 Å². The van der Waals surface area contributed by atoms with Gasteiger partial charge in [-0.1, -0.05) is 48.5 Å². The largest absolute Gasteiger partial charge is 0.336 e. The second kappa shape index (κ2) is 8.79. The molecule has 1 aromatic heterocycles. The summed E-state index contributed by atoms with van der Waals surface area (Å²) in [5, 5.41) is 5.67. The van der Waals surface area contributed by atoms with Gasteiger partial charge in [-0.15, -0.1) is 0 Å². The highest BCUT2D eigenvalue weighted by molar-refractivity contribution is 6.04. The molecule has 0 bridgehead atoms. The van der Waals surface area contributed by atoms with E-state index < -0.39 is 0 Å². The Balaban J connectivity index is 1.58. The zero-order valence-electron chi connectivity index (χ0n) is 17.6. The molecule has 1 amide bonds. The van der Waals surface area contributed by atoms with Crippen LogP contribution in [0.2, 0.25) is 0 Å². The van der Waals surface area contributed by atoms with Crippen molar-refractivity contribution in [3.05, 3.63) is 76.2 Å². The highest BCUT2D eigenvalue weighted by Crippen LogP contribution is 2.18. The molecule has 2 aromatic carbocycles. The third kappa shape index (κ3) is 4.14. The Morgan fingerprint density at radius 2 is 1.63 bits per heavy atom. The van der Waals surface area contributed by atoms with Crippen molar-refractivity contribution in [1.82, 2.24) is 19.6 Å². The maximum atomic E-state index is 13.4. The van der Waals surface area contributed by atoms with Crippen LogP contribution in [0.4, 0.5) is 0 Å². The predicted octanol–water partition coefficient (Wildman–Crippen LogP) is 3.33. The number of benzene rings is 2. The van der Waals surface area contributed by atoms with Gasteiger partial charge in [0.25, 0.3) is 11.5 Å². The fraction of sp³-hybridized carbons (Fsp3) is 0.375. The standard InChI is InChI=1S/C24H28N4O2/c1-18(2)28-23(29)21-12-7-6-11-20(21)22(25-28)24(30)27-14-8-13-26(15-16-27)17-19-9-4-3-5-10-19/h3-7,9-12,18H,8,13-17H2,1-2H3. The number of aromatic nitrogens is 2. The van der Waals surface area contributed by atoms with Crippen molar-refractivity contribution in [2.24, 2.45) is 0 Å². The predicted molar refractivity (Wildman–Crippen MR) is 119 cm³/mol. The lowest BCUT2D eigenvalue weighted by atomic mass is 10.1. The van der Waals surface area contributed by atoms with Crippen LogP contribution in [0.15, 0.2) is 59.4 Å². The van der Waals surface area contributed by atoms with Gasteiger partial charge in [-0.05, 0) is 31.9 Å². The molecule has 1 aliphatic heterocycles. The van der Waals surface area contributed by atoms with E-state index in [2.05, 4.69) is 34.3 Å². The van der Waals surface area contributed by atoms with Crippen molar-refractivity contribution in [2.45, 2.75) is 32.9 Å². The Hall–Kier alpha value is -2.99. The third-order valence-electron chi connectivity index (χ3n) is 5.64. The Labute approximate surface area is 176 Å². The smallest absolute Gasteiger partial charge is 0.274 e. The minimum absolute atomic E-state index is 0.0952. The van der Waals surface area contributed by atoms with Crippen molar-refractivity contribution in [3.8, 4) is 0 Å². The quantitative estimate of drug-likeness (QED) is 0.669. The summed E-state index contributed by atoms with van der Waals surface area (Å²) >= 11 is 0. The van der Waals surface area contributed by atoms with Gasteiger partial charge in [0.05, 0.1) is 11.4 Å². The molecule has 0 radical (unpaired) electrons. The van der Waals surface area contributed by atoms with Crippen LogP contribution in [0, 0.1) is 0 Å². The summed E-state index contributed by atoms with van der Waals surface area (Å²) in [7, 11) is 0. The summed E-state index contributed by atoms with van der Waals surface area (Å²) in [6, 6.07) is 17.6. The average molecular weight is 405 g/mol. The van der Waals surface area contributed by atoms with E-state index in [0.717, 1.165) is 26.1 Å². The summed E-state index contributed by atoms with van der Waals surface area (Å²) in [6.45, 7) is 7.84. The molecule has 1 aliphatic rings. The molecule has 0 atom stereocenters. The van der Waals surface area contributed by atoms with Crippen molar-refractivity contribution in [2.75, 3.05) is 26.2 Å². The molecule has 30 heavy (non-hydrogen) atoms. The molecule has 3 aromatic rings. The van der Waals surface area contributed by atoms with E-state index in [1.165, 1.54) is 10.2 Å². The number of carbonyl (C=O) groups excluding carboxylic acids is 1. The van der Waals surface area contributed by atoms with Gasteiger partial charge in [-0.25, -0.2) is 4.68 Å². The lowest BCUT2D eigenvalue weighted by Crippen LogP contribution is -2.37. The number of amides is 1. The highest BCUT2D eigenvalue weighted by Gasteiger charge is 2.25. The van der Waals surface area contributed by atoms with E-state index in [1.807, 2.05) is 43.0 Å². The first kappa shape index (κ1) is 20.3. The molecule has 6 nitrogen and oxygen atoms in total. The second-order valence-electron chi connectivity index (χ2n) is 8.15. The van der Waals surface area contributed by atoms with Gasteiger partial charge in [0, 0.05) is 38.1 Å². The molecule has 0 aliphatic carbocycles. The number of hydrogen-bond acceptors (Lipinski definition) is 4. The summed E-state index contributed by atoms with van der Waals surface area (Å²) in [6.07, 6.45) is 0.917. The van der Waals surface area contributed by atoms with E-state index >= 15 is 0 Å². The lowest BCUT2D eigenvalue weighted by molar-refractivity contribution is 0.0754. The molecule has 156 valence electrons. The number of rotatable bonds is 4. The van der Waals surface area contributed by atoms with E-state index in [0.29, 0.717) is 29.6 Å². The zero-order valence-corrected chi connectivity index (χ0v) is 17.6. The molecule has 0 unspecified atom stereocenters. The van der Waals surface area contributed by atoms with Crippen LogP contribution < -0.4 is 5.56 Å². The summed E-state index contributed by atoms with van der Waals surface area (Å²) < 4.78 is 1.43. The molecule has 0 saturated carbocycles. The third-order valence-corrected chi connectivity index (χ3v) is 5.64. The number of hydrogen-bond donors (Lipinski definition) is 0. The Kier molecular flexibility index (Phi) is 5.95. The molecular formula is C24H28N4O2. The van der Waals surface area contributed by atoms with Crippen molar-refractivity contribution >= 4 is 16.7 Å². The van der Waals surface area contributed by atoms with Crippen molar-refractivity contribution < 1.29 is 4.79 Å². The Morgan fingerprint density at radius 3 is 2.37 bits per heavy atom. The maximum absolute atomic E-state index is 13.4. The van der Waals surface area contributed by atoms with E-state index in [9.17, 15) is 9.59 Å². The molecule has 1 saturated heterocycles. The topological polar surface area (TPSA) is 58.4 Å². The van der Waals surface area contributed by atoms with Gasteiger partial charge in [0.15, 0.2) is 5.69 Å². The van der Waals surface area contributed by atoms with Gasteiger partial charge in [0.2, 0.25) is 0 Å². The first-order valence-electron chi connectivity index (χ1n) is 10.6. The second-order valence-corrected chi connectivity index (χ2v) is 8.15. The first-order chi connectivity index (χ1) is 14.5. The van der Waals surface area contributed by atoms with Gasteiger partial charge in [-0.3, -0.25) is 14.5 Å². The monoisotopic (exact) mass is 404 g/mol. The van der Waals surface area contributed by atoms with Crippen molar-refractivity contribution in [1.29, 1.82) is 0 Å². The fourth-order valence-electron chi connectivity index (χ4n) is 4.04. The van der Waals surface area contributed by atoms with E-state index in [4.69, 9.17) is 0 Å². The van der Waals surface area contributed by atoms with Crippen LogP contribution in [0.1, 0.15) is 42.4 Å². The lowest BCUT2D eigenvalue weighted by Gasteiger charge is -2.23. The molecular weight excluding hydrogens is 376 g/mol. The first-order valence-corrected chi connectivity index (χ1v) is 10.6. The highest BCUT2D eigenvalue weighted by atomic mass is 16.2. The van der Waals surface area contributed by atoms with E-state index in [-0.39, 0.29) is 17.5 Å². The van der Waals surface area contributed by atoms with Crippen molar-refractivity contribution in [3.63, 3.8) is 0 Å². The molecule has 2 heterocycles. The number of fused-ring (bicyclic) bond motifs is 1. The normalized spacial score (nSPS) is 15.5. The molecule has 1 fully saturated rings. The van der Waals surface area contributed by atoms with Gasteiger partial charge >= 0.3 is 0 Å². The van der Waals surface area contributed by atoms with Gasteiger partial charge in [0.1, 0.15) is 0 Å². The van der Waals surface area contributed by atoms with Gasteiger partial charge in [-0.2, -0.15) is 5.10 Å². The summed E-state index contributed by atoms with van der Waals surface area (Å²) in [5.74, 6) is -0.0952. The van der Waals surface area contributed by atoms with Crippen LogP contribution in [-0.4, -0.2) is 51.7 Å². The summed E-state index contributed by atoms with van der Waals surface area (Å²) in [4.78, 5) is 30.5. The van der Waals surface area contributed by atoms with Crippen LogP contribution >= 0.6 is 0 Å². The average Bonchev–Trinajstić information content (AvgIpc) is 3.00. The zero-order chi connectivity index (χ0) is 21.1. The molecule has 6 heteroatoms. The SMILES string of the molecule is CC(C)n1nc(C(=O)N2CCCN(Cc3ccccc3)CC2)c2ccccc2c1=O. The van der Waals surface area contributed by atoms with Crippen LogP contribution in [0.3, 0.4) is 0 Å². The van der Waals surface area contributed by atoms with Crippen LogP contribution in [0.5, 0.6) is 0 Å². The molecule has 4 rings (SSSR count). The molecule has 0 spiro atoms. The molecule has 0 N–H and O–H groups in total. The minimum atomic E-state index is -0.151. The Morgan fingerprint density at radius 1 is 0.933 bits per heavy atom. The summed E-state index contributed by atoms with van der Waals surface area (Å²) in [5.41, 5.74) is 1.51. The Bertz CT molecular complexity index is 1090. The number of carbonyl (C=O) groups is 1. The maximum Gasteiger partial charge on any atom is 0.274 e. The van der Waals surface area contributed by atoms with E-state index in [1.54, 1.807) is 6.07 Å².